The van der Waals surface area contributed by atoms with Gasteiger partial charge >= 0.3 is 0 Å². The Morgan fingerprint density at radius 3 is 2.10 bits per heavy atom. The van der Waals surface area contributed by atoms with Crippen LogP contribution in [-0.2, 0) is 32.6 Å². The number of benzene rings is 3. The number of ether oxygens (including phenoxy) is 1. The van der Waals surface area contributed by atoms with Gasteiger partial charge in [0.2, 0.25) is 27.0 Å². The van der Waals surface area contributed by atoms with Gasteiger partial charge in [-0.25, -0.2) is 13.1 Å². The number of amides is 2. The summed E-state index contributed by atoms with van der Waals surface area (Å²) in [6, 6.07) is 25.1. The van der Waals surface area contributed by atoms with Gasteiger partial charge in [-0.3, -0.25) is 14.4 Å². The van der Waals surface area contributed by atoms with Crippen LogP contribution in [0, 0.1) is 0 Å². The van der Waals surface area contributed by atoms with Crippen LogP contribution in [0.2, 0.25) is 0 Å². The van der Waals surface area contributed by atoms with Gasteiger partial charge in [-0.05, 0) is 29.7 Å². The van der Waals surface area contributed by atoms with E-state index < -0.39 is 27.9 Å². The van der Waals surface area contributed by atoms with E-state index in [1.807, 2.05) is 54.6 Å². The maximum Gasteiger partial charge on any atom is 0.239 e. The highest BCUT2D eigenvalue weighted by Crippen LogP contribution is 2.16. The average Bonchev–Trinajstić information content (AvgIpc) is 2.93. The normalized spacial score (nSPS) is 11.8. The fourth-order valence-electron chi connectivity index (χ4n) is 3.52. The minimum atomic E-state index is -3.53. The average molecular weight is 570 g/mol. The molecule has 2 amide bonds. The lowest BCUT2D eigenvalue weighted by atomic mass is 10.1. The van der Waals surface area contributed by atoms with Gasteiger partial charge < -0.3 is 15.4 Å². The van der Waals surface area contributed by atoms with Gasteiger partial charge in [0.1, 0.15) is 12.4 Å². The van der Waals surface area contributed by atoms with E-state index in [1.54, 1.807) is 30.3 Å². The van der Waals surface area contributed by atoms with E-state index in [1.165, 1.54) is 0 Å². The van der Waals surface area contributed by atoms with E-state index in [2.05, 4.69) is 15.4 Å². The zero-order chi connectivity index (χ0) is 28.1. The molecule has 0 spiro atoms. The highest BCUT2D eigenvalue weighted by atomic mass is 32.2. The Morgan fingerprint density at radius 2 is 1.46 bits per heavy atom. The molecule has 0 heterocycles. The van der Waals surface area contributed by atoms with Gasteiger partial charge in [-0.1, -0.05) is 84.6 Å². The minimum absolute atomic E-state index is 0.0231. The molecule has 0 bridgehead atoms. The quantitative estimate of drug-likeness (QED) is 0.272. The molecule has 3 rings (SSSR count). The maximum absolute atomic E-state index is 12.3. The summed E-state index contributed by atoms with van der Waals surface area (Å²) in [5, 5.41) is 4.87. The second kappa shape index (κ2) is 15.1. The number of carbonyl (C=O) groups is 3. The van der Waals surface area contributed by atoms with Crippen LogP contribution < -0.4 is 20.1 Å². The number of carbonyl (C=O) groups excluding carboxylic acids is 3. The van der Waals surface area contributed by atoms with Crippen LogP contribution in [0.25, 0.3) is 0 Å². The van der Waals surface area contributed by atoms with Crippen molar-refractivity contribution < 1.29 is 27.5 Å². The molecule has 0 saturated heterocycles. The van der Waals surface area contributed by atoms with Gasteiger partial charge in [-0.15, -0.1) is 0 Å². The Balaban J connectivity index is 1.43. The predicted molar refractivity (Wildman–Crippen MR) is 152 cm³/mol. The van der Waals surface area contributed by atoms with Crippen LogP contribution in [0.3, 0.4) is 0 Å². The monoisotopic (exact) mass is 569 g/mol. The van der Waals surface area contributed by atoms with Crippen molar-refractivity contribution in [3.63, 3.8) is 0 Å². The highest BCUT2D eigenvalue weighted by molar-refractivity contribution is 8.14. The second-order valence-electron chi connectivity index (χ2n) is 8.73. The Morgan fingerprint density at radius 1 is 0.821 bits per heavy atom. The number of hydrogen-bond donors (Lipinski definition) is 3. The van der Waals surface area contributed by atoms with Crippen molar-refractivity contribution in [1.82, 2.24) is 15.4 Å². The number of sulfonamides is 1. The van der Waals surface area contributed by atoms with Crippen molar-refractivity contribution in [3.05, 3.63) is 102 Å². The van der Waals surface area contributed by atoms with Crippen LogP contribution in [-0.4, -0.2) is 56.5 Å². The third-order valence-corrected chi connectivity index (χ3v) is 7.04. The zero-order valence-electron chi connectivity index (χ0n) is 21.5. The third kappa shape index (κ3) is 11.7. The summed E-state index contributed by atoms with van der Waals surface area (Å²) < 4.78 is 32.0. The van der Waals surface area contributed by atoms with Crippen molar-refractivity contribution in [2.75, 3.05) is 25.1 Å². The zero-order valence-corrected chi connectivity index (χ0v) is 23.1. The van der Waals surface area contributed by atoms with Crippen molar-refractivity contribution >= 4 is 38.7 Å². The molecule has 0 aromatic heterocycles. The molecule has 0 saturated carbocycles. The van der Waals surface area contributed by atoms with Crippen molar-refractivity contribution in [3.8, 4) is 5.75 Å². The summed E-state index contributed by atoms with van der Waals surface area (Å²) in [5.74, 6) is -0.375. The molecule has 3 aromatic carbocycles. The van der Waals surface area contributed by atoms with E-state index in [-0.39, 0.29) is 24.0 Å². The predicted octanol–water partition coefficient (Wildman–Crippen LogP) is 2.53. The molecule has 39 heavy (non-hydrogen) atoms. The van der Waals surface area contributed by atoms with Crippen LogP contribution >= 0.6 is 11.8 Å². The molecule has 0 aliphatic heterocycles. The van der Waals surface area contributed by atoms with Crippen LogP contribution in [0.5, 0.6) is 5.75 Å². The molecule has 0 aliphatic rings. The molecule has 206 valence electrons. The molecule has 1 unspecified atom stereocenters. The van der Waals surface area contributed by atoms with Gasteiger partial charge in [0.05, 0.1) is 18.6 Å². The molecule has 0 radical (unpaired) electrons. The Labute approximate surface area is 232 Å². The molecule has 0 fully saturated rings. The second-order valence-corrected chi connectivity index (χ2v) is 11.5. The molecule has 11 heteroatoms. The van der Waals surface area contributed by atoms with Gasteiger partial charge in [0.15, 0.2) is 0 Å². The summed E-state index contributed by atoms with van der Waals surface area (Å²) in [4.78, 5) is 36.4. The molecule has 3 aromatic rings. The van der Waals surface area contributed by atoms with Gasteiger partial charge in [0, 0.05) is 18.2 Å². The first kappa shape index (κ1) is 29.9. The van der Waals surface area contributed by atoms with Crippen molar-refractivity contribution in [2.24, 2.45) is 0 Å². The van der Waals surface area contributed by atoms with Crippen LogP contribution in [0.15, 0.2) is 84.9 Å². The lowest BCUT2D eigenvalue weighted by Crippen LogP contribution is -2.46. The Bertz CT molecular complexity index is 1330. The molecule has 0 aliphatic carbocycles. The minimum Gasteiger partial charge on any atom is -0.489 e. The number of nitrogens with one attached hydrogen (secondary N) is 3. The van der Waals surface area contributed by atoms with Crippen molar-refractivity contribution in [1.29, 1.82) is 0 Å². The fourth-order valence-corrected chi connectivity index (χ4v) is 4.96. The highest BCUT2D eigenvalue weighted by Gasteiger charge is 2.17. The van der Waals surface area contributed by atoms with E-state index in [4.69, 9.17) is 4.74 Å². The molecular weight excluding hydrogens is 538 g/mol. The first-order valence-corrected chi connectivity index (χ1v) is 15.0. The largest absolute Gasteiger partial charge is 0.489 e. The fraction of sp³-hybridized carbons (Fsp3) is 0.250. The Hall–Kier alpha value is -3.67. The smallest absolute Gasteiger partial charge is 0.239 e. The number of thioether (sulfide) groups is 1. The maximum atomic E-state index is 12.3. The van der Waals surface area contributed by atoms with E-state index in [9.17, 15) is 22.8 Å². The van der Waals surface area contributed by atoms with Gasteiger partial charge in [-0.2, -0.15) is 0 Å². The molecular formula is C28H31N3O6S2. The Kier molecular flexibility index (Phi) is 11.5. The molecule has 9 nitrogen and oxygen atoms in total. The summed E-state index contributed by atoms with van der Waals surface area (Å²) in [6.07, 6.45) is 1.38. The topological polar surface area (TPSA) is 131 Å². The van der Waals surface area contributed by atoms with E-state index in [0.717, 1.165) is 29.1 Å². The molecule has 3 N–H and O–H groups in total. The number of hydrogen-bond acceptors (Lipinski definition) is 7. The third-order valence-electron chi connectivity index (χ3n) is 5.37. The summed E-state index contributed by atoms with van der Waals surface area (Å²) in [7, 11) is -3.53. The van der Waals surface area contributed by atoms with E-state index >= 15 is 0 Å². The number of rotatable bonds is 14. The SMILES string of the molecule is CS(=O)(=O)NC(CNC(=O)CNC(=O)CSC(=O)c1ccccc1)Cc1ccc(OCc2ccccc2)cc1. The van der Waals surface area contributed by atoms with Crippen LogP contribution in [0.1, 0.15) is 21.5 Å². The van der Waals surface area contributed by atoms with Gasteiger partial charge in [0.25, 0.3) is 0 Å². The standard InChI is InChI=1S/C28H31N3O6S2/c1-39(35,36)31-24(16-21-12-14-25(15-13-21)37-19-22-8-4-2-5-9-22)17-29-26(32)18-30-27(33)20-38-28(34)23-10-6-3-7-11-23/h2-15,24,31H,16-20H2,1H3,(H,29,32)(H,30,33). The lowest BCUT2D eigenvalue weighted by Gasteiger charge is -2.19. The molecule has 1 atom stereocenters. The first-order valence-electron chi connectivity index (χ1n) is 12.2. The van der Waals surface area contributed by atoms with Crippen LogP contribution in [0.4, 0.5) is 0 Å². The summed E-state index contributed by atoms with van der Waals surface area (Å²) >= 11 is 0.850. The van der Waals surface area contributed by atoms with Crippen molar-refractivity contribution in [2.45, 2.75) is 19.1 Å². The summed E-state index contributed by atoms with van der Waals surface area (Å²) in [5.41, 5.74) is 2.39. The van der Waals surface area contributed by atoms with E-state index in [0.29, 0.717) is 24.3 Å². The lowest BCUT2D eigenvalue weighted by molar-refractivity contribution is -0.124. The summed E-state index contributed by atoms with van der Waals surface area (Å²) in [6.45, 7) is 0.163. The first-order chi connectivity index (χ1) is 18.7.